The van der Waals surface area contributed by atoms with Gasteiger partial charge in [-0.3, -0.25) is 0 Å². The Kier molecular flexibility index (Phi) is 6.19. The molecule has 3 aromatic rings. The summed E-state index contributed by atoms with van der Waals surface area (Å²) in [5, 5.41) is 0.436. The maximum Gasteiger partial charge on any atom is 0.337 e. The first-order valence-electron chi connectivity index (χ1n) is 8.13. The van der Waals surface area contributed by atoms with E-state index in [4.69, 9.17) is 21.1 Å². The number of hydrogen-bond acceptors (Lipinski definition) is 6. The molecule has 0 amide bonds. The summed E-state index contributed by atoms with van der Waals surface area (Å²) in [5.41, 5.74) is 1.13. The van der Waals surface area contributed by atoms with E-state index < -0.39 is 16.0 Å². The van der Waals surface area contributed by atoms with Crippen LogP contribution in [0.1, 0.15) is 10.4 Å². The van der Waals surface area contributed by atoms with Crippen LogP contribution in [0.5, 0.6) is 0 Å². The number of carbonyl (C=O) groups excluding carboxylic acids is 1. The van der Waals surface area contributed by atoms with Crippen LogP contribution >= 0.6 is 22.9 Å². The molecule has 0 fully saturated rings. The molecule has 0 bridgehead atoms. The van der Waals surface area contributed by atoms with Crippen LogP contribution in [0.2, 0.25) is 5.02 Å². The smallest absolute Gasteiger partial charge is 0.337 e. The molecule has 148 valence electrons. The van der Waals surface area contributed by atoms with Crippen LogP contribution < -0.4 is 4.80 Å². The number of fused-ring (bicyclic) bond motifs is 1. The Morgan fingerprint density at radius 3 is 2.54 bits per heavy atom. The number of nitrogens with zero attached hydrogens (tertiary/aromatic N) is 2. The van der Waals surface area contributed by atoms with Gasteiger partial charge in [-0.05, 0) is 42.5 Å². The van der Waals surface area contributed by atoms with Gasteiger partial charge in [0, 0.05) is 18.7 Å². The molecule has 0 N–H and O–H groups in total. The summed E-state index contributed by atoms with van der Waals surface area (Å²) in [6, 6.07) is 10.8. The van der Waals surface area contributed by atoms with E-state index in [9.17, 15) is 13.2 Å². The van der Waals surface area contributed by atoms with Crippen molar-refractivity contribution in [3.63, 3.8) is 0 Å². The van der Waals surface area contributed by atoms with Crippen molar-refractivity contribution in [2.75, 3.05) is 20.8 Å². The van der Waals surface area contributed by atoms with E-state index in [1.807, 2.05) is 0 Å². The molecule has 0 saturated heterocycles. The molecule has 2 aromatic carbocycles. The first-order chi connectivity index (χ1) is 13.4. The van der Waals surface area contributed by atoms with Crippen LogP contribution in [0, 0.1) is 0 Å². The summed E-state index contributed by atoms with van der Waals surface area (Å²) in [6.07, 6.45) is 0. The van der Waals surface area contributed by atoms with Crippen molar-refractivity contribution in [1.82, 2.24) is 4.57 Å². The molecule has 28 heavy (non-hydrogen) atoms. The minimum Gasteiger partial charge on any atom is -0.465 e. The summed E-state index contributed by atoms with van der Waals surface area (Å²) < 4.78 is 41.8. The maximum absolute atomic E-state index is 12.7. The van der Waals surface area contributed by atoms with Gasteiger partial charge in [0.05, 0.1) is 34.4 Å². The van der Waals surface area contributed by atoms with Crippen molar-refractivity contribution in [3.05, 3.63) is 57.9 Å². The maximum atomic E-state index is 12.7. The SMILES string of the molecule is COCCn1/c(=N/S(=O)(=O)c2ccc(Cl)cc2)sc2cc(C(=O)OC)ccc21. The molecule has 7 nitrogen and oxygen atoms in total. The van der Waals surface area contributed by atoms with Crippen LogP contribution in [0.3, 0.4) is 0 Å². The highest BCUT2D eigenvalue weighted by Gasteiger charge is 2.16. The normalized spacial score (nSPS) is 12.5. The molecule has 1 aromatic heterocycles. The Morgan fingerprint density at radius 2 is 1.89 bits per heavy atom. The average Bonchev–Trinajstić information content (AvgIpc) is 3.01. The Bertz CT molecular complexity index is 1180. The Balaban J connectivity index is 2.18. The number of methoxy groups -OCH3 is 2. The van der Waals surface area contributed by atoms with Crippen molar-refractivity contribution >= 4 is 49.1 Å². The molecule has 0 radical (unpaired) electrons. The zero-order chi connectivity index (χ0) is 20.3. The quantitative estimate of drug-likeness (QED) is 0.550. The largest absolute Gasteiger partial charge is 0.465 e. The van der Waals surface area contributed by atoms with Gasteiger partial charge in [0.15, 0.2) is 0 Å². The third-order valence-electron chi connectivity index (χ3n) is 3.93. The molecule has 0 aliphatic rings. The van der Waals surface area contributed by atoms with Crippen LogP contribution in [-0.4, -0.2) is 39.8 Å². The van der Waals surface area contributed by atoms with E-state index in [0.29, 0.717) is 28.4 Å². The number of hydrogen-bond donors (Lipinski definition) is 0. The summed E-state index contributed by atoms with van der Waals surface area (Å²) in [4.78, 5) is 12.1. The number of aromatic nitrogens is 1. The second-order valence-electron chi connectivity index (χ2n) is 5.72. The molecule has 0 aliphatic heterocycles. The third kappa shape index (κ3) is 4.27. The summed E-state index contributed by atoms with van der Waals surface area (Å²) in [5.74, 6) is -0.467. The number of halogens is 1. The van der Waals surface area contributed by atoms with Crippen molar-refractivity contribution in [2.45, 2.75) is 11.4 Å². The van der Waals surface area contributed by atoms with E-state index in [1.165, 1.54) is 42.7 Å². The molecule has 0 aliphatic carbocycles. The number of carbonyl (C=O) groups is 1. The van der Waals surface area contributed by atoms with Gasteiger partial charge in [-0.2, -0.15) is 8.42 Å². The first-order valence-corrected chi connectivity index (χ1v) is 10.8. The van der Waals surface area contributed by atoms with Gasteiger partial charge in [-0.25, -0.2) is 4.79 Å². The predicted octanol–water partition coefficient (Wildman–Crippen LogP) is 3.08. The molecular formula is C18H17ClN2O5S2. The second-order valence-corrected chi connectivity index (χ2v) is 8.77. The van der Waals surface area contributed by atoms with E-state index >= 15 is 0 Å². The lowest BCUT2D eigenvalue weighted by atomic mass is 10.2. The van der Waals surface area contributed by atoms with Crippen molar-refractivity contribution in [2.24, 2.45) is 4.40 Å². The van der Waals surface area contributed by atoms with E-state index in [1.54, 1.807) is 29.9 Å². The fourth-order valence-electron chi connectivity index (χ4n) is 2.55. The Hall–Kier alpha value is -2.20. The van der Waals surface area contributed by atoms with Gasteiger partial charge in [0.25, 0.3) is 10.0 Å². The van der Waals surface area contributed by atoms with Gasteiger partial charge < -0.3 is 14.0 Å². The highest BCUT2D eigenvalue weighted by molar-refractivity contribution is 7.90. The van der Waals surface area contributed by atoms with Gasteiger partial charge >= 0.3 is 5.97 Å². The number of esters is 1. The average molecular weight is 441 g/mol. The first kappa shape index (κ1) is 20.5. The fraction of sp³-hybridized carbons (Fsp3) is 0.222. The summed E-state index contributed by atoms with van der Waals surface area (Å²) in [7, 11) is -1.07. The topological polar surface area (TPSA) is 87.0 Å². The minimum atomic E-state index is -3.93. The van der Waals surface area contributed by atoms with Crippen LogP contribution in [0.15, 0.2) is 51.8 Å². The van der Waals surface area contributed by atoms with Crippen molar-refractivity contribution < 1.29 is 22.7 Å². The molecular weight excluding hydrogens is 424 g/mol. The lowest BCUT2D eigenvalue weighted by molar-refractivity contribution is 0.0601. The molecule has 0 saturated carbocycles. The monoisotopic (exact) mass is 440 g/mol. The molecule has 1 heterocycles. The van der Waals surface area contributed by atoms with Crippen molar-refractivity contribution in [1.29, 1.82) is 0 Å². The minimum absolute atomic E-state index is 0.0443. The van der Waals surface area contributed by atoms with Crippen LogP contribution in [-0.2, 0) is 26.0 Å². The summed E-state index contributed by atoms with van der Waals surface area (Å²) >= 11 is 7.00. The highest BCUT2D eigenvalue weighted by atomic mass is 35.5. The van der Waals surface area contributed by atoms with Crippen molar-refractivity contribution in [3.8, 4) is 0 Å². The number of sulfonamides is 1. The molecule has 3 rings (SSSR count). The Morgan fingerprint density at radius 1 is 1.18 bits per heavy atom. The van der Waals surface area contributed by atoms with Gasteiger partial charge in [0.1, 0.15) is 0 Å². The number of thiazole rings is 1. The van der Waals surface area contributed by atoms with E-state index in [-0.39, 0.29) is 9.70 Å². The fourth-order valence-corrected chi connectivity index (χ4v) is 4.97. The number of benzene rings is 2. The van der Waals surface area contributed by atoms with Gasteiger partial charge in [-0.1, -0.05) is 22.9 Å². The number of rotatable bonds is 6. The molecule has 10 heteroatoms. The zero-order valence-electron chi connectivity index (χ0n) is 15.1. The highest BCUT2D eigenvalue weighted by Crippen LogP contribution is 2.21. The number of ether oxygens (including phenoxy) is 2. The van der Waals surface area contributed by atoms with Crippen LogP contribution in [0.25, 0.3) is 10.2 Å². The Labute approximate surface area is 170 Å². The van der Waals surface area contributed by atoms with Crippen LogP contribution in [0.4, 0.5) is 0 Å². The summed E-state index contributed by atoms with van der Waals surface area (Å²) in [6.45, 7) is 0.780. The van der Waals surface area contributed by atoms with Gasteiger partial charge in [-0.15, -0.1) is 4.40 Å². The van der Waals surface area contributed by atoms with E-state index in [2.05, 4.69) is 4.40 Å². The molecule has 0 atom stereocenters. The van der Waals surface area contributed by atoms with E-state index in [0.717, 1.165) is 5.52 Å². The lowest BCUT2D eigenvalue weighted by Gasteiger charge is -2.05. The third-order valence-corrected chi connectivity index (χ3v) is 6.62. The van der Waals surface area contributed by atoms with Gasteiger partial charge in [0.2, 0.25) is 4.80 Å². The molecule has 0 unspecified atom stereocenters. The molecule has 0 spiro atoms. The standard InChI is InChI=1S/C18H17ClN2O5S2/c1-25-10-9-21-15-8-3-12(17(22)26-2)11-16(15)27-18(21)20-28(23,24)14-6-4-13(19)5-7-14/h3-8,11H,9-10H2,1-2H3/b20-18-. The lowest BCUT2D eigenvalue weighted by Crippen LogP contribution is -2.19. The predicted molar refractivity (Wildman–Crippen MR) is 107 cm³/mol. The second kappa shape index (κ2) is 8.44. The zero-order valence-corrected chi connectivity index (χ0v) is 17.5.